The normalized spacial score (nSPS) is 60.4. The van der Waals surface area contributed by atoms with E-state index in [1.807, 2.05) is 0 Å². The molecule has 0 aromatic heterocycles. The third-order valence-corrected chi connectivity index (χ3v) is 15.5. The molecule has 7 aliphatic rings. The second kappa shape index (κ2) is 9.50. The van der Waals surface area contributed by atoms with Crippen molar-refractivity contribution in [2.45, 2.75) is 135 Å². The van der Waals surface area contributed by atoms with Crippen LogP contribution in [0, 0.1) is 50.2 Å². The third kappa shape index (κ3) is 3.73. The predicted octanol–water partition coefficient (Wildman–Crippen LogP) is 3.56. The summed E-state index contributed by atoms with van der Waals surface area (Å²) in [6.07, 6.45) is 6.79. The monoisotopic (exact) mass is 604 g/mol. The Balaban J connectivity index is 1.23. The summed E-state index contributed by atoms with van der Waals surface area (Å²) in [5, 5.41) is 53.8. The van der Waals surface area contributed by atoms with Crippen LogP contribution in [0.4, 0.5) is 0 Å². The highest BCUT2D eigenvalue weighted by Crippen LogP contribution is 2.79. The molecular weight excluding hydrogens is 548 g/mol. The Hall–Kier alpha value is -0.580. The lowest BCUT2D eigenvalue weighted by molar-refractivity contribution is -0.314. The van der Waals surface area contributed by atoms with Gasteiger partial charge in [0.1, 0.15) is 18.3 Å². The van der Waals surface area contributed by atoms with Gasteiger partial charge in [0.2, 0.25) is 0 Å². The molecule has 4 unspecified atom stereocenters. The fraction of sp³-hybridized carbons (Fsp3) is 0.943. The summed E-state index contributed by atoms with van der Waals surface area (Å²) in [7, 11) is 0. The topological polar surface area (TPSA) is 129 Å². The molecule has 0 aromatic carbocycles. The van der Waals surface area contributed by atoms with E-state index in [1.54, 1.807) is 0 Å². The van der Waals surface area contributed by atoms with Crippen LogP contribution in [0.3, 0.4) is 0 Å². The number of rotatable bonds is 3. The molecule has 7 rings (SSSR count). The first-order valence-corrected chi connectivity index (χ1v) is 17.0. The van der Waals surface area contributed by atoms with Crippen molar-refractivity contribution in [3.05, 3.63) is 12.2 Å². The molecule has 8 heteroatoms. The van der Waals surface area contributed by atoms with Gasteiger partial charge in [-0.05, 0) is 79.4 Å². The molecule has 0 amide bonds. The molecule has 2 heterocycles. The molecule has 2 bridgehead atoms. The minimum atomic E-state index is -1.35. The molecule has 43 heavy (non-hydrogen) atoms. The summed E-state index contributed by atoms with van der Waals surface area (Å²) in [6.45, 7) is 14.7. The lowest BCUT2D eigenvalue weighted by atomic mass is 9.32. The molecule has 2 saturated heterocycles. The number of allylic oxidation sites excluding steroid dienone is 1. The van der Waals surface area contributed by atoms with E-state index in [4.69, 9.17) is 14.2 Å². The van der Waals surface area contributed by atoms with Gasteiger partial charge in [0.05, 0.1) is 37.6 Å². The van der Waals surface area contributed by atoms with Gasteiger partial charge in [0.25, 0.3) is 0 Å². The smallest absolute Gasteiger partial charge is 0.186 e. The number of aliphatic hydroxyl groups excluding tert-OH is 5. The van der Waals surface area contributed by atoms with Crippen LogP contribution < -0.4 is 0 Å². The fourth-order valence-electron chi connectivity index (χ4n) is 12.6. The van der Waals surface area contributed by atoms with Crippen LogP contribution in [0.1, 0.15) is 92.9 Å². The molecular formula is C35H56O8. The molecule has 244 valence electrons. The van der Waals surface area contributed by atoms with Crippen LogP contribution in [-0.4, -0.2) is 87.8 Å². The van der Waals surface area contributed by atoms with Gasteiger partial charge in [-0.2, -0.15) is 0 Å². The number of fused-ring (bicyclic) bond motifs is 4. The van der Waals surface area contributed by atoms with E-state index in [2.05, 4.69) is 53.7 Å². The number of aliphatic hydroxyl groups is 5. The van der Waals surface area contributed by atoms with Crippen LogP contribution in [0.15, 0.2) is 12.2 Å². The van der Waals surface area contributed by atoms with Crippen LogP contribution in [0.25, 0.3) is 0 Å². The second-order valence-electron chi connectivity index (χ2n) is 17.7. The first kappa shape index (κ1) is 31.0. The standard InChI is InChI=1S/C35H56O8/c1-29(2)13-14-34-19-42-35(23(34)15-29)12-8-22-30(3)10-9-25(43-28-27(40)26(39)20(37)17-41-28)31(4,18-36)21(30)7-11-32(22,5)33(35,6)16-24(34)38/h8,12,20-28,36-40H,7,9-11,13-19H2,1-6H3/t20-,21?,22?,23?,24+,25?,26-,27-,28+,30+,31+,32-,33+,34-,35+/m1/s1. The van der Waals surface area contributed by atoms with Crippen LogP contribution in [0.5, 0.6) is 0 Å². The fourth-order valence-corrected chi connectivity index (χ4v) is 12.6. The number of ether oxygens (including phenoxy) is 3. The van der Waals surface area contributed by atoms with E-state index in [0.29, 0.717) is 18.9 Å². The Bertz CT molecular complexity index is 1160. The van der Waals surface area contributed by atoms with E-state index >= 15 is 0 Å². The maximum atomic E-state index is 12.0. The van der Waals surface area contributed by atoms with Crippen molar-refractivity contribution in [1.82, 2.24) is 0 Å². The van der Waals surface area contributed by atoms with Gasteiger partial charge in [-0.1, -0.05) is 53.7 Å². The van der Waals surface area contributed by atoms with E-state index in [-0.39, 0.29) is 69.9 Å². The Kier molecular flexibility index (Phi) is 6.85. The van der Waals surface area contributed by atoms with E-state index in [9.17, 15) is 25.5 Å². The van der Waals surface area contributed by atoms with Crippen molar-refractivity contribution in [2.24, 2.45) is 50.2 Å². The molecule has 8 nitrogen and oxygen atoms in total. The number of hydrogen-bond donors (Lipinski definition) is 5. The van der Waals surface area contributed by atoms with Gasteiger partial charge in [-0.15, -0.1) is 0 Å². The minimum Gasteiger partial charge on any atom is -0.396 e. The Morgan fingerprint density at radius 2 is 1.60 bits per heavy atom. The van der Waals surface area contributed by atoms with Crippen LogP contribution >= 0.6 is 0 Å². The maximum absolute atomic E-state index is 12.0. The van der Waals surface area contributed by atoms with E-state index < -0.39 is 30.0 Å². The first-order chi connectivity index (χ1) is 20.0. The number of hydrogen-bond acceptors (Lipinski definition) is 8. The molecule has 4 saturated carbocycles. The minimum absolute atomic E-state index is 0.0538. The zero-order valence-corrected chi connectivity index (χ0v) is 27.1. The average Bonchev–Trinajstić information content (AvgIpc) is 3.22. The van der Waals surface area contributed by atoms with E-state index in [0.717, 1.165) is 44.9 Å². The van der Waals surface area contributed by atoms with Crippen molar-refractivity contribution in [2.75, 3.05) is 19.8 Å². The molecule has 1 spiro atoms. The highest BCUT2D eigenvalue weighted by atomic mass is 16.7. The molecule has 0 aromatic rings. The summed E-state index contributed by atoms with van der Waals surface area (Å²) >= 11 is 0. The predicted molar refractivity (Wildman–Crippen MR) is 160 cm³/mol. The highest BCUT2D eigenvalue weighted by Gasteiger charge is 2.79. The van der Waals surface area contributed by atoms with Crippen molar-refractivity contribution >= 4 is 0 Å². The van der Waals surface area contributed by atoms with Crippen molar-refractivity contribution in [1.29, 1.82) is 0 Å². The van der Waals surface area contributed by atoms with Crippen molar-refractivity contribution < 1.29 is 39.7 Å². The largest absolute Gasteiger partial charge is 0.396 e. The van der Waals surface area contributed by atoms with Gasteiger partial charge in [0.15, 0.2) is 6.29 Å². The molecule has 6 fully saturated rings. The first-order valence-electron chi connectivity index (χ1n) is 17.0. The third-order valence-electron chi connectivity index (χ3n) is 15.5. The van der Waals surface area contributed by atoms with Crippen LogP contribution in [0.2, 0.25) is 0 Å². The Labute approximate surface area is 257 Å². The average molecular weight is 605 g/mol. The molecule has 15 atom stereocenters. The quantitative estimate of drug-likeness (QED) is 0.244. The van der Waals surface area contributed by atoms with Crippen molar-refractivity contribution in [3.8, 4) is 0 Å². The van der Waals surface area contributed by atoms with E-state index in [1.165, 1.54) is 0 Å². The van der Waals surface area contributed by atoms with Gasteiger partial charge < -0.3 is 39.7 Å². The Morgan fingerprint density at radius 1 is 0.860 bits per heavy atom. The SMILES string of the molecule is CC1(C)CC[C@]23CO[C@@]4(C=CC5[C@@]6(C)CCC(O[C@@H]7OC[C@@H](O)[C@@H](O)[C@H]7O)[C@@](C)(CO)C6CC[C@@]5(C)[C@]4(C)C[C@@H]2O)C3C1. The summed E-state index contributed by atoms with van der Waals surface area (Å²) < 4.78 is 19.1. The lowest BCUT2D eigenvalue weighted by Crippen LogP contribution is -2.72. The highest BCUT2D eigenvalue weighted by molar-refractivity contribution is 5.36. The summed E-state index contributed by atoms with van der Waals surface area (Å²) in [6, 6.07) is 0. The van der Waals surface area contributed by atoms with Crippen molar-refractivity contribution in [3.63, 3.8) is 0 Å². The summed E-state index contributed by atoms with van der Waals surface area (Å²) in [5.41, 5.74) is -1.32. The summed E-state index contributed by atoms with van der Waals surface area (Å²) in [5.74, 6) is 0.709. The van der Waals surface area contributed by atoms with Gasteiger partial charge in [-0.25, -0.2) is 0 Å². The second-order valence-corrected chi connectivity index (χ2v) is 17.7. The van der Waals surface area contributed by atoms with Gasteiger partial charge in [0, 0.05) is 22.2 Å². The lowest BCUT2D eigenvalue weighted by Gasteiger charge is -2.73. The molecule has 5 aliphatic carbocycles. The maximum Gasteiger partial charge on any atom is 0.186 e. The molecule has 2 aliphatic heterocycles. The molecule has 5 N–H and O–H groups in total. The van der Waals surface area contributed by atoms with Gasteiger partial charge >= 0.3 is 0 Å². The Morgan fingerprint density at radius 3 is 2.33 bits per heavy atom. The zero-order chi connectivity index (χ0) is 31.0. The van der Waals surface area contributed by atoms with Gasteiger partial charge in [-0.3, -0.25) is 0 Å². The zero-order valence-electron chi connectivity index (χ0n) is 27.1. The molecule has 0 radical (unpaired) electrons. The van der Waals surface area contributed by atoms with Crippen LogP contribution in [-0.2, 0) is 14.2 Å². The summed E-state index contributed by atoms with van der Waals surface area (Å²) in [4.78, 5) is 0.